The van der Waals surface area contributed by atoms with Crippen molar-refractivity contribution in [3.8, 4) is 35.1 Å². The smallest absolute Gasteiger partial charge is 0.413 e. The SMILES string of the molecule is CC(C)C(C(=O)OC(C#N)c1cccc(Oc2ccccc2)c1)c1ccc(Cl)cc1.CC1(C)[C@H](C(=O)O[C@H](C#N)c2cccc(Oc3ccccc3)c2)[C@@H]1C=C(Br)Br.CCCCNC(=O)n1c(NC(=O)OC)nc2ccccc21. The lowest BCUT2D eigenvalue weighted by molar-refractivity contribution is -0.150. The number of benzene rings is 6. The van der Waals surface area contributed by atoms with E-state index >= 15 is 0 Å². The number of ether oxygens (including phenoxy) is 5. The summed E-state index contributed by atoms with van der Waals surface area (Å²) in [5.74, 6) is 1.11. The molecule has 2 N–H and O–H groups in total. The Bertz CT molecular complexity index is 3300. The number of aromatic nitrogens is 2. The van der Waals surface area contributed by atoms with Crippen molar-refractivity contribution >= 4 is 84.5 Å². The maximum Gasteiger partial charge on any atom is 0.413 e. The van der Waals surface area contributed by atoms with Crippen molar-refractivity contribution in [2.75, 3.05) is 19.0 Å². The zero-order valence-electron chi connectivity index (χ0n) is 44.3. The van der Waals surface area contributed by atoms with Crippen LogP contribution in [0.3, 0.4) is 0 Å². The van der Waals surface area contributed by atoms with Crippen LogP contribution < -0.4 is 20.1 Å². The Morgan fingerprint density at radius 1 is 0.734 bits per heavy atom. The first-order valence-corrected chi connectivity index (χ1v) is 27.2. The maximum absolute atomic E-state index is 13.0. The number of allylic oxidation sites excluding steroid dienone is 1. The van der Waals surface area contributed by atoms with Crippen LogP contribution in [0, 0.1) is 45.8 Å². The average molecular weight is 1220 g/mol. The molecule has 0 radical (unpaired) electrons. The van der Waals surface area contributed by atoms with Crippen LogP contribution in [0.2, 0.25) is 5.02 Å². The Morgan fingerprint density at radius 2 is 1.27 bits per heavy atom. The molecule has 1 aliphatic rings. The summed E-state index contributed by atoms with van der Waals surface area (Å²) in [5, 5.41) is 25.1. The van der Waals surface area contributed by atoms with E-state index in [0.29, 0.717) is 56.7 Å². The number of hydrogen-bond donors (Lipinski definition) is 2. The molecule has 8 rings (SSSR count). The highest BCUT2D eigenvalue weighted by molar-refractivity contribution is 9.28. The van der Waals surface area contributed by atoms with E-state index in [1.165, 1.54) is 11.7 Å². The predicted molar refractivity (Wildman–Crippen MR) is 310 cm³/mol. The number of amides is 2. The third-order valence-electron chi connectivity index (χ3n) is 12.6. The quantitative estimate of drug-likeness (QED) is 0.0497. The molecule has 18 heteroatoms. The van der Waals surface area contributed by atoms with Crippen LogP contribution in [-0.2, 0) is 23.8 Å². The van der Waals surface area contributed by atoms with Crippen molar-refractivity contribution in [1.29, 1.82) is 10.5 Å². The van der Waals surface area contributed by atoms with Gasteiger partial charge in [0.1, 0.15) is 35.1 Å². The van der Waals surface area contributed by atoms with Gasteiger partial charge in [-0.15, -0.1) is 0 Å². The average Bonchev–Trinajstić information content (AvgIpc) is 4.04. The number of imidazole rings is 1. The minimum absolute atomic E-state index is 0.00855. The fraction of sp³-hybridized carbons (Fsp3) is 0.262. The number of hydrogen-bond acceptors (Lipinski definition) is 12. The number of carbonyl (C=O) groups is 4. The molecule has 1 saturated carbocycles. The molecular weight excluding hydrogens is 1160 g/mol. The number of rotatable bonds is 17. The number of carbonyl (C=O) groups excluding carboxylic acids is 4. The van der Waals surface area contributed by atoms with Crippen LogP contribution in [0.4, 0.5) is 15.5 Å². The minimum Gasteiger partial charge on any atom is -0.457 e. The number of esters is 2. The Morgan fingerprint density at radius 3 is 1.78 bits per heavy atom. The molecule has 79 heavy (non-hydrogen) atoms. The van der Waals surface area contributed by atoms with E-state index in [1.54, 1.807) is 72.8 Å². The fourth-order valence-corrected chi connectivity index (χ4v) is 9.09. The van der Waals surface area contributed by atoms with Crippen LogP contribution in [0.15, 0.2) is 167 Å². The molecule has 0 bridgehead atoms. The molecule has 7 aromatic rings. The number of para-hydroxylation sites is 4. The van der Waals surface area contributed by atoms with Gasteiger partial charge >= 0.3 is 24.1 Å². The van der Waals surface area contributed by atoms with Crippen LogP contribution in [0.25, 0.3) is 11.0 Å². The number of halogens is 3. The minimum atomic E-state index is -1.04. The van der Waals surface area contributed by atoms with Crippen molar-refractivity contribution in [3.05, 3.63) is 189 Å². The van der Waals surface area contributed by atoms with Gasteiger partial charge in [0.05, 0.1) is 33.4 Å². The summed E-state index contributed by atoms with van der Waals surface area (Å²) in [4.78, 5) is 53.5. The number of nitrogens with one attached hydrogen (secondary N) is 2. The number of anilines is 1. The number of fused-ring (bicyclic) bond motifs is 1. The van der Waals surface area contributed by atoms with E-state index in [1.807, 2.05) is 126 Å². The third kappa shape index (κ3) is 17.0. The largest absolute Gasteiger partial charge is 0.457 e. The highest BCUT2D eigenvalue weighted by Crippen LogP contribution is 2.60. The topological polar surface area (TPSA) is 204 Å². The van der Waals surface area contributed by atoms with Crippen molar-refractivity contribution < 1.29 is 42.9 Å². The Kier molecular flexibility index (Phi) is 22.2. The van der Waals surface area contributed by atoms with E-state index in [-0.39, 0.29) is 41.1 Å². The Balaban J connectivity index is 0.000000194. The molecule has 1 fully saturated rings. The van der Waals surface area contributed by atoms with Crippen LogP contribution >= 0.6 is 43.5 Å². The summed E-state index contributed by atoms with van der Waals surface area (Å²) < 4.78 is 29.5. The van der Waals surface area contributed by atoms with Gasteiger partial charge in [-0.3, -0.25) is 14.9 Å². The second-order valence-corrected chi connectivity index (χ2v) is 22.1. The number of unbranched alkanes of at least 4 members (excludes halogenated alkanes) is 1. The van der Waals surface area contributed by atoms with E-state index in [2.05, 4.69) is 64.4 Å². The fourth-order valence-electron chi connectivity index (χ4n) is 8.40. The van der Waals surface area contributed by atoms with E-state index < -0.39 is 30.2 Å². The van der Waals surface area contributed by atoms with E-state index in [4.69, 9.17) is 30.5 Å². The molecule has 2 amide bonds. The standard InChI is InChI=1S/C25H22ClNO3.C22H19Br2NO3.C14H18N4O3/c1-17(2)24(18-11-13-20(26)14-12-18)25(28)30-23(16-27)19-7-6-10-22(15-19)29-21-8-4-3-5-9-21;1-22(2)17(12-19(23)24)20(22)21(26)28-18(13-25)14-7-6-10-16(11-14)27-15-8-4-3-5-9-15;1-3-4-9-15-13(19)18-11-8-6-5-7-10(11)16-12(18)17-14(20)21-2/h3-15,17,23-24H,1-2H3;3-12,17-18,20H,1-2H3;5-8H,3-4,9H2,1-2H3,(H,15,19)(H,16,17,20)/t;17-,18+,20-;/m.0./s1. The van der Waals surface area contributed by atoms with Gasteiger partial charge in [0.15, 0.2) is 0 Å². The maximum atomic E-state index is 13.0. The second kappa shape index (κ2) is 29.1. The Hall–Kier alpha value is -7.96. The summed E-state index contributed by atoms with van der Waals surface area (Å²) in [6, 6.07) is 50.8. The monoisotopic (exact) mass is 1210 g/mol. The highest BCUT2D eigenvalue weighted by Gasteiger charge is 2.62. The third-order valence-corrected chi connectivity index (χ3v) is 13.4. The molecule has 1 aliphatic carbocycles. The summed E-state index contributed by atoms with van der Waals surface area (Å²) in [5.41, 5.74) is 2.97. The normalized spacial score (nSPS) is 14.8. The van der Waals surface area contributed by atoms with Gasteiger partial charge in [-0.25, -0.2) is 19.1 Å². The van der Waals surface area contributed by atoms with Gasteiger partial charge in [0, 0.05) is 22.7 Å². The molecule has 15 nitrogen and oxygen atoms in total. The lowest BCUT2D eigenvalue weighted by atomic mass is 9.88. The molecule has 0 spiro atoms. The molecule has 0 saturated heterocycles. The number of nitriles is 2. The first-order chi connectivity index (χ1) is 38.0. The molecule has 5 atom stereocenters. The van der Waals surface area contributed by atoms with Crippen molar-refractivity contribution in [2.45, 2.75) is 65.6 Å². The van der Waals surface area contributed by atoms with Crippen molar-refractivity contribution in [2.24, 2.45) is 23.2 Å². The van der Waals surface area contributed by atoms with Crippen LogP contribution in [0.5, 0.6) is 23.0 Å². The number of methoxy groups -OCH3 is 1. The van der Waals surface area contributed by atoms with Gasteiger partial charge in [-0.1, -0.05) is 144 Å². The van der Waals surface area contributed by atoms with Crippen molar-refractivity contribution in [3.63, 3.8) is 0 Å². The molecule has 1 heterocycles. The zero-order valence-corrected chi connectivity index (χ0v) is 48.2. The number of nitrogens with zero attached hydrogens (tertiary/aromatic N) is 4. The first kappa shape index (κ1) is 60.3. The van der Waals surface area contributed by atoms with Crippen LogP contribution in [0.1, 0.15) is 82.3 Å². The Labute approximate surface area is 481 Å². The van der Waals surface area contributed by atoms with E-state index in [9.17, 15) is 29.7 Å². The van der Waals surface area contributed by atoms with E-state index in [0.717, 1.165) is 21.8 Å². The second-order valence-electron chi connectivity index (χ2n) is 18.9. The lowest BCUT2D eigenvalue weighted by Gasteiger charge is -2.22. The van der Waals surface area contributed by atoms with Gasteiger partial charge < -0.3 is 29.0 Å². The molecule has 0 aliphatic heterocycles. The summed E-state index contributed by atoms with van der Waals surface area (Å²) in [7, 11) is 1.25. The molecule has 408 valence electrons. The predicted octanol–water partition coefficient (Wildman–Crippen LogP) is 15.7. The summed E-state index contributed by atoms with van der Waals surface area (Å²) in [6.45, 7) is 10.5. The van der Waals surface area contributed by atoms with Gasteiger partial charge in [-0.2, -0.15) is 10.5 Å². The van der Waals surface area contributed by atoms with Gasteiger partial charge in [0.25, 0.3) is 0 Å². The first-order valence-electron chi connectivity index (χ1n) is 25.2. The zero-order chi connectivity index (χ0) is 57.1. The molecule has 2 unspecified atom stereocenters. The van der Waals surface area contributed by atoms with Crippen LogP contribution in [-0.4, -0.2) is 47.3 Å². The van der Waals surface area contributed by atoms with Gasteiger partial charge in [0.2, 0.25) is 18.2 Å². The van der Waals surface area contributed by atoms with Gasteiger partial charge in [-0.05, 0) is 134 Å². The summed E-state index contributed by atoms with van der Waals surface area (Å²) >= 11 is 12.6. The molecule has 6 aromatic carbocycles. The molecular formula is C61H59Br2ClN6O9. The van der Waals surface area contributed by atoms with Crippen molar-refractivity contribution in [1.82, 2.24) is 14.9 Å². The lowest BCUT2D eigenvalue weighted by Crippen LogP contribution is -2.31. The summed E-state index contributed by atoms with van der Waals surface area (Å²) in [6.07, 6.45) is 1.12. The molecule has 1 aromatic heterocycles. The highest BCUT2D eigenvalue weighted by atomic mass is 79.9.